The van der Waals surface area contributed by atoms with Crippen LogP contribution in [0.25, 0.3) is 10.7 Å². The Kier molecular flexibility index (Phi) is 5.27. The highest BCUT2D eigenvalue weighted by atomic mass is 32.1. The van der Waals surface area contributed by atoms with Gasteiger partial charge in [-0.25, -0.2) is 18.7 Å². The van der Waals surface area contributed by atoms with Crippen LogP contribution >= 0.6 is 11.3 Å². The molecule has 2 fully saturated rings. The number of rotatable bonds is 4. The van der Waals surface area contributed by atoms with Crippen molar-refractivity contribution in [2.24, 2.45) is 0 Å². The largest absolute Gasteiger partial charge is 0.474 e. The van der Waals surface area contributed by atoms with Gasteiger partial charge in [0.25, 0.3) is 0 Å². The average Bonchev–Trinajstić information content (AvgIpc) is 3.10. The van der Waals surface area contributed by atoms with Crippen LogP contribution in [0.4, 0.5) is 14.5 Å². The average molecular weight is 395 g/mol. The second-order valence-electron chi connectivity index (χ2n) is 7.12. The number of alkyl halides is 2. The zero-order valence-electron chi connectivity index (χ0n) is 15.3. The Labute approximate surface area is 161 Å². The number of hydrogen-bond acceptors (Lipinski definition) is 6. The van der Waals surface area contributed by atoms with Gasteiger partial charge in [0.15, 0.2) is 0 Å². The van der Waals surface area contributed by atoms with E-state index in [1.54, 1.807) is 11.3 Å². The van der Waals surface area contributed by atoms with Gasteiger partial charge >= 0.3 is 0 Å². The van der Waals surface area contributed by atoms with E-state index in [2.05, 4.69) is 14.9 Å². The molecular weight excluding hydrogens is 372 g/mol. The van der Waals surface area contributed by atoms with Gasteiger partial charge in [-0.3, -0.25) is 0 Å². The molecule has 2 aliphatic rings. The van der Waals surface area contributed by atoms with Crippen LogP contribution in [0.2, 0.25) is 0 Å². The molecule has 0 amide bonds. The molecular formula is C19H23F2N3O2S. The Morgan fingerprint density at radius 2 is 1.93 bits per heavy atom. The molecule has 146 valence electrons. The molecule has 27 heavy (non-hydrogen) atoms. The fraction of sp³-hybridized carbons (Fsp3) is 0.579. The topological polar surface area (TPSA) is 47.5 Å². The Morgan fingerprint density at radius 1 is 1.19 bits per heavy atom. The molecule has 0 N–H and O–H groups in total. The number of pyridine rings is 1. The molecule has 0 unspecified atom stereocenters. The number of anilines is 1. The minimum absolute atomic E-state index is 0.126. The van der Waals surface area contributed by atoms with Gasteiger partial charge < -0.3 is 14.4 Å². The summed E-state index contributed by atoms with van der Waals surface area (Å²) in [7, 11) is 0. The van der Waals surface area contributed by atoms with E-state index in [0.29, 0.717) is 31.9 Å². The summed E-state index contributed by atoms with van der Waals surface area (Å²) in [5, 5.41) is 2.82. The van der Waals surface area contributed by atoms with E-state index >= 15 is 0 Å². The van der Waals surface area contributed by atoms with Crippen molar-refractivity contribution in [1.29, 1.82) is 0 Å². The lowest BCUT2D eigenvalue weighted by atomic mass is 9.94. The third kappa shape index (κ3) is 4.55. The lowest BCUT2D eigenvalue weighted by Gasteiger charge is -2.30. The van der Waals surface area contributed by atoms with Crippen LogP contribution in [0.5, 0.6) is 5.88 Å². The van der Waals surface area contributed by atoms with Gasteiger partial charge in [0, 0.05) is 48.8 Å². The second kappa shape index (κ2) is 7.67. The first-order valence-corrected chi connectivity index (χ1v) is 10.2. The summed E-state index contributed by atoms with van der Waals surface area (Å²) >= 11 is 1.54. The minimum Gasteiger partial charge on any atom is -0.474 e. The predicted molar refractivity (Wildman–Crippen MR) is 101 cm³/mol. The normalized spacial score (nSPS) is 20.6. The van der Waals surface area contributed by atoms with Crippen LogP contribution in [0.3, 0.4) is 0 Å². The maximum atomic E-state index is 13.4. The molecule has 3 heterocycles. The smallest absolute Gasteiger partial charge is 0.248 e. The Hall–Kier alpha value is -1.80. The van der Waals surface area contributed by atoms with Crippen LogP contribution in [-0.4, -0.2) is 48.3 Å². The number of thiazole rings is 1. The van der Waals surface area contributed by atoms with Gasteiger partial charge in [0.1, 0.15) is 16.8 Å². The van der Waals surface area contributed by atoms with E-state index in [4.69, 9.17) is 9.47 Å². The van der Waals surface area contributed by atoms with E-state index in [-0.39, 0.29) is 18.9 Å². The molecule has 8 heteroatoms. The van der Waals surface area contributed by atoms with Crippen molar-refractivity contribution in [1.82, 2.24) is 9.97 Å². The molecule has 2 aromatic heterocycles. The Balaban J connectivity index is 1.59. The molecule has 1 saturated heterocycles. The van der Waals surface area contributed by atoms with Crippen LogP contribution in [-0.2, 0) is 4.74 Å². The van der Waals surface area contributed by atoms with Crippen LogP contribution < -0.4 is 9.64 Å². The third-order valence-corrected chi connectivity index (χ3v) is 5.94. The summed E-state index contributed by atoms with van der Waals surface area (Å²) in [5.41, 5.74) is 2.71. The molecule has 5 nitrogen and oxygen atoms in total. The first-order chi connectivity index (χ1) is 13.0. The molecule has 0 spiro atoms. The number of morpholine rings is 1. The maximum Gasteiger partial charge on any atom is 0.248 e. The van der Waals surface area contributed by atoms with Gasteiger partial charge in [-0.15, -0.1) is 11.3 Å². The van der Waals surface area contributed by atoms with Gasteiger partial charge in [-0.1, -0.05) is 0 Å². The number of halogens is 2. The Bertz CT molecular complexity index is 783. The van der Waals surface area contributed by atoms with E-state index in [1.807, 2.05) is 24.4 Å². The molecule has 2 aromatic rings. The fourth-order valence-corrected chi connectivity index (χ4v) is 4.20. The molecule has 0 bridgehead atoms. The van der Waals surface area contributed by atoms with E-state index in [1.165, 1.54) is 0 Å². The number of ether oxygens (including phenoxy) is 2. The first kappa shape index (κ1) is 18.6. The predicted octanol–water partition coefficient (Wildman–Crippen LogP) is 4.31. The highest BCUT2D eigenvalue weighted by Gasteiger charge is 2.36. The summed E-state index contributed by atoms with van der Waals surface area (Å²) in [4.78, 5) is 11.4. The summed E-state index contributed by atoms with van der Waals surface area (Å²) < 4.78 is 38.3. The summed E-state index contributed by atoms with van der Waals surface area (Å²) in [6, 6.07) is 3.92. The van der Waals surface area contributed by atoms with Gasteiger partial charge in [0.2, 0.25) is 11.8 Å². The lowest BCUT2D eigenvalue weighted by molar-refractivity contribution is -0.0588. The van der Waals surface area contributed by atoms with Crippen molar-refractivity contribution in [2.45, 2.75) is 44.6 Å². The fourth-order valence-electron chi connectivity index (χ4n) is 3.44. The monoisotopic (exact) mass is 395 g/mol. The minimum atomic E-state index is -2.56. The number of nitrogens with zero attached hydrogens (tertiary/aromatic N) is 3. The number of aryl methyl sites for hydroxylation is 1. The second-order valence-corrected chi connectivity index (χ2v) is 7.97. The molecule has 4 rings (SSSR count). The molecule has 1 saturated carbocycles. The molecule has 0 radical (unpaired) electrons. The zero-order valence-corrected chi connectivity index (χ0v) is 16.1. The van der Waals surface area contributed by atoms with Crippen molar-refractivity contribution >= 4 is 17.0 Å². The lowest BCUT2D eigenvalue weighted by Crippen LogP contribution is -2.36. The summed E-state index contributed by atoms with van der Waals surface area (Å²) in [6.07, 6.45) is 0.228. The zero-order chi connectivity index (χ0) is 18.9. The standard InChI is InChI=1S/C19H23F2N3O2S/c1-13-12-27-18(22-13)16-10-14(24-6-8-25-9-7-24)11-17(23-16)26-15-2-4-19(20,21)5-3-15/h10-12,15H,2-9H2,1H3. The summed E-state index contributed by atoms with van der Waals surface area (Å²) in [6.45, 7) is 4.92. The summed E-state index contributed by atoms with van der Waals surface area (Å²) in [5.74, 6) is -2.08. The number of hydrogen-bond donors (Lipinski definition) is 0. The van der Waals surface area contributed by atoms with Crippen molar-refractivity contribution in [3.05, 3.63) is 23.2 Å². The van der Waals surface area contributed by atoms with Crippen LogP contribution in [0.1, 0.15) is 31.4 Å². The van der Waals surface area contributed by atoms with Crippen molar-refractivity contribution in [3.63, 3.8) is 0 Å². The highest BCUT2D eigenvalue weighted by Crippen LogP contribution is 2.36. The SMILES string of the molecule is Cc1csc(-c2cc(N3CCOCC3)cc(OC3CCC(F)(F)CC3)n2)n1. The first-order valence-electron chi connectivity index (χ1n) is 9.30. The quantitative estimate of drug-likeness (QED) is 0.772. The van der Waals surface area contributed by atoms with E-state index in [9.17, 15) is 8.78 Å². The Morgan fingerprint density at radius 3 is 2.59 bits per heavy atom. The van der Waals surface area contributed by atoms with Gasteiger partial charge in [-0.05, 0) is 25.8 Å². The van der Waals surface area contributed by atoms with E-state index in [0.717, 1.165) is 35.2 Å². The van der Waals surface area contributed by atoms with Crippen molar-refractivity contribution < 1.29 is 18.3 Å². The van der Waals surface area contributed by atoms with E-state index < -0.39 is 5.92 Å². The molecule has 1 aliphatic heterocycles. The molecule has 0 atom stereocenters. The third-order valence-electron chi connectivity index (χ3n) is 4.95. The number of aromatic nitrogens is 2. The molecule has 0 aromatic carbocycles. The van der Waals surface area contributed by atoms with Gasteiger partial charge in [-0.2, -0.15) is 0 Å². The highest BCUT2D eigenvalue weighted by molar-refractivity contribution is 7.13. The van der Waals surface area contributed by atoms with Gasteiger partial charge in [0.05, 0.1) is 13.2 Å². The van der Waals surface area contributed by atoms with Crippen LogP contribution in [0.15, 0.2) is 17.5 Å². The maximum absolute atomic E-state index is 13.4. The van der Waals surface area contributed by atoms with Crippen molar-refractivity contribution in [3.8, 4) is 16.6 Å². The van der Waals surface area contributed by atoms with Crippen LogP contribution in [0, 0.1) is 6.92 Å². The van der Waals surface area contributed by atoms with Crippen molar-refractivity contribution in [2.75, 3.05) is 31.2 Å². The molecule has 1 aliphatic carbocycles.